The third-order valence-electron chi connectivity index (χ3n) is 14.0. The first-order valence-electron chi connectivity index (χ1n) is 21.0. The van der Waals surface area contributed by atoms with Crippen LogP contribution in [0, 0.1) is 22.7 Å². The topological polar surface area (TPSA) is 176 Å². The van der Waals surface area contributed by atoms with Crippen LogP contribution >= 0.6 is 0 Å². The lowest BCUT2D eigenvalue weighted by atomic mass is 9.45. The van der Waals surface area contributed by atoms with Crippen molar-refractivity contribution in [2.24, 2.45) is 22.7 Å². The van der Waals surface area contributed by atoms with Gasteiger partial charge in [0.25, 0.3) is 5.91 Å². The lowest BCUT2D eigenvalue weighted by Gasteiger charge is -2.67. The molecule has 2 saturated carbocycles. The van der Waals surface area contributed by atoms with Crippen molar-refractivity contribution in [2.45, 2.75) is 121 Å². The van der Waals surface area contributed by atoms with Crippen LogP contribution in [0.25, 0.3) is 0 Å². The summed E-state index contributed by atoms with van der Waals surface area (Å²) in [6.45, 7) is 12.7. The lowest BCUT2D eigenvalue weighted by Crippen LogP contribution is -2.79. The van der Waals surface area contributed by atoms with Gasteiger partial charge in [0.2, 0.25) is 0 Å². The van der Waals surface area contributed by atoms with Gasteiger partial charge in [0.1, 0.15) is 24.4 Å². The summed E-state index contributed by atoms with van der Waals surface area (Å²) in [7, 11) is 0. The molecule has 4 fully saturated rings. The van der Waals surface area contributed by atoms with Crippen molar-refractivity contribution in [1.29, 1.82) is 0 Å². The van der Waals surface area contributed by atoms with E-state index >= 15 is 0 Å². The van der Waals surface area contributed by atoms with Gasteiger partial charge in [-0.15, -0.1) is 0 Å². The molecule has 13 heteroatoms. The van der Waals surface area contributed by atoms with Gasteiger partial charge in [-0.05, 0) is 73.6 Å². The van der Waals surface area contributed by atoms with E-state index in [0.717, 1.165) is 5.57 Å². The molecule has 0 radical (unpaired) electrons. The lowest BCUT2D eigenvalue weighted by molar-refractivity contribution is -0.352. The monoisotopic (exact) mass is 837 g/mol. The number of carbonyl (C=O) groups excluding carboxylic acids is 4. The van der Waals surface area contributed by atoms with E-state index in [2.05, 4.69) is 5.32 Å². The molecule has 324 valence electrons. The molecule has 1 amide bonds. The molecule has 2 heterocycles. The molecule has 0 spiro atoms. The molecule has 12 atom stereocenters. The standard InChI is InChI=1S/C48H55NO12/c1-26-32(57-44(55)37(52)36(28-17-11-8-12-18-28)49-42(53)29-19-13-9-14-20-29)23-31-38(58-43(54)30-21-15-10-16-22-30)40-47(7,33(51)24-34-48(40,25-56-34)59-27(2)50)41-39(35(26)45(31,3)4)60-46(5,6)61-41/h8-22,31-34,36-41,51-52H,23-25H2,1-7H3,(H,49,53)/t31-,32-,33-,34+,36-,37+,38+,39+,40-,41-,47+,48-/m0/s1. The molecule has 0 unspecified atom stereocenters. The maximum absolute atomic E-state index is 14.4. The number of amides is 1. The molecule has 3 aromatic carbocycles. The number of fused-ring (bicyclic) bond motifs is 8. The van der Waals surface area contributed by atoms with Gasteiger partial charge < -0.3 is 44.0 Å². The van der Waals surface area contributed by atoms with E-state index in [1.807, 2.05) is 27.7 Å². The number of esters is 3. The minimum absolute atomic E-state index is 0.0136. The molecule has 2 bridgehead atoms. The minimum Gasteiger partial charge on any atom is -0.458 e. The smallest absolute Gasteiger partial charge is 0.338 e. The summed E-state index contributed by atoms with van der Waals surface area (Å²) in [4.78, 5) is 55.3. The third kappa shape index (κ3) is 7.27. The average Bonchev–Trinajstić information content (AvgIpc) is 3.55. The van der Waals surface area contributed by atoms with Crippen LogP contribution in [-0.2, 0) is 38.0 Å². The quantitative estimate of drug-likeness (QED) is 0.138. The van der Waals surface area contributed by atoms with Gasteiger partial charge in [0.05, 0.1) is 36.3 Å². The third-order valence-corrected chi connectivity index (χ3v) is 14.0. The summed E-state index contributed by atoms with van der Waals surface area (Å²) in [6.07, 6.45) is -7.17. The molecule has 5 aliphatic rings. The minimum atomic E-state index is -1.84. The van der Waals surface area contributed by atoms with E-state index in [0.29, 0.717) is 22.3 Å². The van der Waals surface area contributed by atoms with Gasteiger partial charge in [-0.2, -0.15) is 0 Å². The second-order valence-corrected chi connectivity index (χ2v) is 18.4. The molecular weight excluding hydrogens is 783 g/mol. The summed E-state index contributed by atoms with van der Waals surface area (Å²) >= 11 is 0. The van der Waals surface area contributed by atoms with E-state index in [9.17, 15) is 29.4 Å². The fourth-order valence-electron chi connectivity index (χ4n) is 11.1. The number of carbonyl (C=O) groups is 4. The van der Waals surface area contributed by atoms with Gasteiger partial charge in [-0.3, -0.25) is 9.59 Å². The van der Waals surface area contributed by atoms with Crippen molar-refractivity contribution in [1.82, 2.24) is 5.32 Å². The first-order chi connectivity index (χ1) is 28.9. The van der Waals surface area contributed by atoms with E-state index in [4.69, 9.17) is 28.4 Å². The normalized spacial score (nSPS) is 34.0. The Morgan fingerprint density at radius 3 is 2.02 bits per heavy atom. The Kier molecular flexibility index (Phi) is 11.1. The molecule has 2 aliphatic heterocycles. The predicted molar refractivity (Wildman–Crippen MR) is 219 cm³/mol. The number of nitrogens with one attached hydrogen (secondary N) is 1. The largest absolute Gasteiger partial charge is 0.458 e. The molecule has 0 aromatic heterocycles. The Bertz CT molecular complexity index is 2190. The van der Waals surface area contributed by atoms with Gasteiger partial charge in [-0.1, -0.05) is 87.5 Å². The summed E-state index contributed by atoms with van der Waals surface area (Å²) in [6, 6.07) is 24.6. The number of hydrogen-bond acceptors (Lipinski definition) is 12. The summed E-state index contributed by atoms with van der Waals surface area (Å²) in [5.74, 6) is -5.40. The van der Waals surface area contributed by atoms with Crippen molar-refractivity contribution in [3.63, 3.8) is 0 Å². The van der Waals surface area contributed by atoms with Gasteiger partial charge in [-0.25, -0.2) is 9.59 Å². The molecule has 3 aliphatic carbocycles. The van der Waals surface area contributed by atoms with E-state index in [-0.39, 0.29) is 19.4 Å². The highest BCUT2D eigenvalue weighted by Crippen LogP contribution is 2.66. The molecule has 61 heavy (non-hydrogen) atoms. The van der Waals surface area contributed by atoms with Crippen LogP contribution in [-0.4, -0.2) is 94.8 Å². The molecule has 8 rings (SSSR count). The fraction of sp³-hybridized carbons (Fsp3) is 0.500. The summed E-state index contributed by atoms with van der Waals surface area (Å²) in [5.41, 5.74) is -0.925. The Morgan fingerprint density at radius 1 is 0.820 bits per heavy atom. The zero-order valence-electron chi connectivity index (χ0n) is 35.5. The predicted octanol–water partition coefficient (Wildman–Crippen LogP) is 5.64. The zero-order valence-corrected chi connectivity index (χ0v) is 35.5. The average molecular weight is 838 g/mol. The SMILES string of the molecule is CC(=O)O[C@@]12CO[C@@H]1C[C@H](O)[C@]1(C)[C@@H]2[C@H](OC(=O)c2ccccc2)[C@@H]2C[C@H](OC(=O)[C@H](O)[C@@H](NC(=O)c3ccccc3)c3ccccc3)C(C)=C([C@H]3OC(C)(C)O[C@@H]31)C2(C)C. The highest BCUT2D eigenvalue weighted by Gasteiger charge is 2.76. The van der Waals surface area contributed by atoms with E-state index in [1.54, 1.807) is 105 Å². The van der Waals surface area contributed by atoms with Crippen LogP contribution in [0.1, 0.15) is 93.6 Å². The number of rotatable bonds is 9. The Hall–Kier alpha value is -4.92. The van der Waals surface area contributed by atoms with E-state index < -0.39 is 107 Å². The number of aliphatic hydroxyl groups excluding tert-OH is 2. The first kappa shape index (κ1) is 42.8. The Balaban J connectivity index is 1.25. The highest BCUT2D eigenvalue weighted by molar-refractivity contribution is 5.95. The highest BCUT2D eigenvalue weighted by atomic mass is 16.8. The first-order valence-corrected chi connectivity index (χ1v) is 21.0. The van der Waals surface area contributed by atoms with Gasteiger partial charge in [0, 0.05) is 30.2 Å². The molecular formula is C48H55NO12. The van der Waals surface area contributed by atoms with Crippen LogP contribution in [0.2, 0.25) is 0 Å². The van der Waals surface area contributed by atoms with Crippen LogP contribution in [0.5, 0.6) is 0 Å². The van der Waals surface area contributed by atoms with Crippen LogP contribution in [0.15, 0.2) is 102 Å². The van der Waals surface area contributed by atoms with Gasteiger partial charge in [0.15, 0.2) is 17.5 Å². The Morgan fingerprint density at radius 2 is 1.43 bits per heavy atom. The van der Waals surface area contributed by atoms with Crippen molar-refractivity contribution >= 4 is 23.8 Å². The molecule has 3 aromatic rings. The van der Waals surface area contributed by atoms with Crippen molar-refractivity contribution in [3.05, 3.63) is 119 Å². The number of hydrogen-bond donors (Lipinski definition) is 3. The van der Waals surface area contributed by atoms with Crippen LogP contribution in [0.4, 0.5) is 0 Å². The maximum atomic E-state index is 14.4. The summed E-state index contributed by atoms with van der Waals surface area (Å²) in [5, 5.41) is 27.1. The van der Waals surface area contributed by atoms with Crippen molar-refractivity contribution in [3.8, 4) is 0 Å². The second kappa shape index (κ2) is 15.8. The number of benzene rings is 3. The van der Waals surface area contributed by atoms with Crippen LogP contribution < -0.4 is 5.32 Å². The number of ether oxygens (including phenoxy) is 6. The molecule has 13 nitrogen and oxygen atoms in total. The molecule has 2 saturated heterocycles. The fourth-order valence-corrected chi connectivity index (χ4v) is 11.1. The van der Waals surface area contributed by atoms with Crippen LogP contribution in [0.3, 0.4) is 0 Å². The van der Waals surface area contributed by atoms with Crippen molar-refractivity contribution in [2.75, 3.05) is 6.61 Å². The van der Waals surface area contributed by atoms with E-state index in [1.165, 1.54) is 6.92 Å². The second-order valence-electron chi connectivity index (χ2n) is 18.4. The van der Waals surface area contributed by atoms with Gasteiger partial charge >= 0.3 is 17.9 Å². The zero-order chi connectivity index (χ0) is 43.6. The number of aliphatic hydroxyl groups is 2. The van der Waals surface area contributed by atoms with Crippen molar-refractivity contribution < 1.29 is 57.8 Å². The Labute approximate surface area is 355 Å². The molecule has 3 N–H and O–H groups in total. The summed E-state index contributed by atoms with van der Waals surface area (Å²) < 4.78 is 39.2. The maximum Gasteiger partial charge on any atom is 0.338 e.